The minimum atomic E-state index is -0.626. The van der Waals surface area contributed by atoms with Gasteiger partial charge in [-0.05, 0) is 20.8 Å². The van der Waals surface area contributed by atoms with Crippen molar-refractivity contribution < 1.29 is 9.84 Å². The molecule has 1 fully saturated rings. The predicted octanol–water partition coefficient (Wildman–Crippen LogP) is 0.0676. The Labute approximate surface area is 92.6 Å². The van der Waals surface area contributed by atoms with Crippen LogP contribution in [0, 0.1) is 0 Å². The van der Waals surface area contributed by atoms with Crippen molar-refractivity contribution in [2.24, 2.45) is 0 Å². The van der Waals surface area contributed by atoms with Gasteiger partial charge in [0.05, 0.1) is 18.8 Å². The van der Waals surface area contributed by atoms with Crippen molar-refractivity contribution >= 4 is 0 Å². The second-order valence-corrected chi connectivity index (χ2v) is 5.01. The molecule has 4 heteroatoms. The van der Waals surface area contributed by atoms with Crippen LogP contribution < -0.4 is 5.32 Å². The third kappa shape index (κ3) is 6.10. The molecule has 15 heavy (non-hydrogen) atoms. The molecule has 0 aliphatic carbocycles. The highest BCUT2D eigenvalue weighted by atomic mass is 16.5. The summed E-state index contributed by atoms with van der Waals surface area (Å²) in [7, 11) is 0. The van der Waals surface area contributed by atoms with Crippen molar-refractivity contribution in [3.63, 3.8) is 0 Å². The topological polar surface area (TPSA) is 44.7 Å². The van der Waals surface area contributed by atoms with Crippen LogP contribution in [-0.4, -0.2) is 61.0 Å². The Bertz CT molecular complexity index is 174. The molecular weight excluding hydrogens is 192 g/mol. The zero-order valence-electron chi connectivity index (χ0n) is 10.1. The van der Waals surface area contributed by atoms with Crippen LogP contribution in [0.15, 0.2) is 0 Å². The van der Waals surface area contributed by atoms with E-state index in [1.54, 1.807) is 0 Å². The van der Waals surface area contributed by atoms with Gasteiger partial charge in [0.1, 0.15) is 0 Å². The summed E-state index contributed by atoms with van der Waals surface area (Å²) in [5.74, 6) is 0. The summed E-state index contributed by atoms with van der Waals surface area (Å²) in [6, 6.07) is 0.412. The number of hydrogen-bond donors (Lipinski definition) is 2. The molecule has 0 aromatic carbocycles. The molecule has 0 saturated carbocycles. The number of nitrogens with one attached hydrogen (secondary N) is 1. The van der Waals surface area contributed by atoms with E-state index in [9.17, 15) is 5.11 Å². The standard InChI is InChI=1S/C11H24N2O2/c1-10(12-9-11(2,3)14)8-13-4-6-15-7-5-13/h10,12,14H,4-9H2,1-3H3. The summed E-state index contributed by atoms with van der Waals surface area (Å²) in [5, 5.41) is 12.9. The Hall–Kier alpha value is -0.160. The van der Waals surface area contributed by atoms with Crippen molar-refractivity contribution in [3.05, 3.63) is 0 Å². The van der Waals surface area contributed by atoms with Gasteiger partial charge in [0.25, 0.3) is 0 Å². The third-order valence-electron chi connectivity index (χ3n) is 2.52. The molecule has 1 rings (SSSR count). The van der Waals surface area contributed by atoms with Gasteiger partial charge >= 0.3 is 0 Å². The third-order valence-corrected chi connectivity index (χ3v) is 2.52. The molecule has 0 spiro atoms. The summed E-state index contributed by atoms with van der Waals surface area (Å²) in [5.41, 5.74) is -0.626. The number of ether oxygens (including phenoxy) is 1. The van der Waals surface area contributed by atoms with E-state index in [4.69, 9.17) is 4.74 Å². The molecule has 0 aromatic rings. The SMILES string of the molecule is CC(CN1CCOCC1)NCC(C)(C)O. The largest absolute Gasteiger partial charge is 0.389 e. The quantitative estimate of drug-likeness (QED) is 0.682. The summed E-state index contributed by atoms with van der Waals surface area (Å²) < 4.78 is 5.29. The number of nitrogens with zero attached hydrogens (tertiary/aromatic N) is 1. The van der Waals surface area contributed by atoms with Crippen molar-refractivity contribution in [3.8, 4) is 0 Å². The lowest BCUT2D eigenvalue weighted by molar-refractivity contribution is 0.0313. The zero-order valence-corrected chi connectivity index (χ0v) is 10.1. The van der Waals surface area contributed by atoms with E-state index in [0.29, 0.717) is 12.6 Å². The van der Waals surface area contributed by atoms with E-state index in [-0.39, 0.29) is 0 Å². The first-order chi connectivity index (χ1) is 6.97. The summed E-state index contributed by atoms with van der Waals surface area (Å²) in [6.07, 6.45) is 0. The molecule has 90 valence electrons. The lowest BCUT2D eigenvalue weighted by Crippen LogP contribution is -2.47. The van der Waals surface area contributed by atoms with Crippen LogP contribution in [0.4, 0.5) is 0 Å². The Morgan fingerprint density at radius 1 is 1.40 bits per heavy atom. The summed E-state index contributed by atoms with van der Waals surface area (Å²) in [6.45, 7) is 11.2. The van der Waals surface area contributed by atoms with E-state index < -0.39 is 5.60 Å². The molecule has 1 heterocycles. The van der Waals surface area contributed by atoms with Gasteiger partial charge in [-0.25, -0.2) is 0 Å². The minimum Gasteiger partial charge on any atom is -0.389 e. The predicted molar refractivity (Wildman–Crippen MR) is 61.0 cm³/mol. The van der Waals surface area contributed by atoms with E-state index in [2.05, 4.69) is 17.1 Å². The van der Waals surface area contributed by atoms with Crippen LogP contribution in [0.25, 0.3) is 0 Å². The first-order valence-corrected chi connectivity index (χ1v) is 5.73. The lowest BCUT2D eigenvalue weighted by Gasteiger charge is -2.30. The van der Waals surface area contributed by atoms with Gasteiger partial charge in [-0.15, -0.1) is 0 Å². The number of hydrogen-bond acceptors (Lipinski definition) is 4. The normalized spacial score (nSPS) is 21.6. The van der Waals surface area contributed by atoms with E-state index >= 15 is 0 Å². The van der Waals surface area contributed by atoms with Crippen molar-refractivity contribution in [2.75, 3.05) is 39.4 Å². The van der Waals surface area contributed by atoms with Gasteiger partial charge in [-0.2, -0.15) is 0 Å². The van der Waals surface area contributed by atoms with Crippen LogP contribution in [0.2, 0.25) is 0 Å². The van der Waals surface area contributed by atoms with Gasteiger partial charge in [0.15, 0.2) is 0 Å². The Balaban J connectivity index is 2.14. The molecule has 1 aliphatic rings. The highest BCUT2D eigenvalue weighted by Gasteiger charge is 2.16. The van der Waals surface area contributed by atoms with E-state index in [0.717, 1.165) is 32.8 Å². The minimum absolute atomic E-state index is 0.412. The fraction of sp³-hybridized carbons (Fsp3) is 1.00. The molecule has 0 radical (unpaired) electrons. The average Bonchev–Trinajstić information content (AvgIpc) is 2.15. The Morgan fingerprint density at radius 2 is 2.00 bits per heavy atom. The highest BCUT2D eigenvalue weighted by molar-refractivity contribution is 4.75. The number of rotatable bonds is 5. The molecule has 1 unspecified atom stereocenters. The lowest BCUT2D eigenvalue weighted by atomic mass is 10.1. The van der Waals surface area contributed by atoms with Gasteiger partial charge in [0, 0.05) is 32.2 Å². The van der Waals surface area contributed by atoms with E-state index in [1.165, 1.54) is 0 Å². The fourth-order valence-electron chi connectivity index (χ4n) is 1.66. The smallest absolute Gasteiger partial charge is 0.0715 e. The van der Waals surface area contributed by atoms with Crippen molar-refractivity contribution in [1.29, 1.82) is 0 Å². The maximum atomic E-state index is 9.58. The van der Waals surface area contributed by atoms with Gasteiger partial charge in [-0.3, -0.25) is 4.90 Å². The highest BCUT2D eigenvalue weighted by Crippen LogP contribution is 2.01. The fourth-order valence-corrected chi connectivity index (χ4v) is 1.66. The molecule has 1 atom stereocenters. The van der Waals surface area contributed by atoms with Gasteiger partial charge in [-0.1, -0.05) is 0 Å². The molecule has 1 aliphatic heterocycles. The molecule has 1 saturated heterocycles. The summed E-state index contributed by atoms with van der Waals surface area (Å²) >= 11 is 0. The average molecular weight is 216 g/mol. The molecule has 0 aromatic heterocycles. The van der Waals surface area contributed by atoms with Gasteiger partial charge in [0.2, 0.25) is 0 Å². The Kier molecular flexibility index (Phi) is 4.99. The van der Waals surface area contributed by atoms with Crippen LogP contribution in [0.1, 0.15) is 20.8 Å². The molecular formula is C11H24N2O2. The second kappa shape index (κ2) is 5.80. The maximum Gasteiger partial charge on any atom is 0.0715 e. The summed E-state index contributed by atoms with van der Waals surface area (Å²) in [4.78, 5) is 2.39. The van der Waals surface area contributed by atoms with E-state index in [1.807, 2.05) is 13.8 Å². The Morgan fingerprint density at radius 3 is 2.53 bits per heavy atom. The van der Waals surface area contributed by atoms with Crippen LogP contribution in [0.5, 0.6) is 0 Å². The first-order valence-electron chi connectivity index (χ1n) is 5.73. The van der Waals surface area contributed by atoms with Gasteiger partial charge < -0.3 is 15.2 Å². The second-order valence-electron chi connectivity index (χ2n) is 5.01. The molecule has 2 N–H and O–H groups in total. The zero-order chi connectivity index (χ0) is 11.3. The van der Waals surface area contributed by atoms with Crippen molar-refractivity contribution in [2.45, 2.75) is 32.4 Å². The number of morpholine rings is 1. The van der Waals surface area contributed by atoms with Crippen molar-refractivity contribution in [1.82, 2.24) is 10.2 Å². The monoisotopic (exact) mass is 216 g/mol. The van der Waals surface area contributed by atoms with Crippen LogP contribution in [-0.2, 0) is 4.74 Å². The number of aliphatic hydroxyl groups is 1. The molecule has 0 amide bonds. The first kappa shape index (κ1) is 12.9. The van der Waals surface area contributed by atoms with Crippen LogP contribution in [0.3, 0.4) is 0 Å². The maximum absolute atomic E-state index is 9.58. The molecule has 0 bridgehead atoms. The van der Waals surface area contributed by atoms with Crippen LogP contribution >= 0.6 is 0 Å². The molecule has 4 nitrogen and oxygen atoms in total.